The molecular formula is C24H21Cl2N3O3S. The smallest absolute Gasteiger partial charge is 0.243 e. The SMILES string of the molecule is Cc1ccc(S(=O)(=O)N(CC(=O)Nc2ccc(CC#N)cc2)Cc2ccc(Cl)c(Cl)c2)cc1. The van der Waals surface area contributed by atoms with Crippen molar-refractivity contribution < 1.29 is 13.2 Å². The minimum Gasteiger partial charge on any atom is -0.325 e. The molecule has 33 heavy (non-hydrogen) atoms. The van der Waals surface area contributed by atoms with Gasteiger partial charge in [-0.1, -0.05) is 59.1 Å². The molecule has 0 bridgehead atoms. The van der Waals surface area contributed by atoms with Gasteiger partial charge in [-0.2, -0.15) is 9.57 Å². The number of nitriles is 1. The van der Waals surface area contributed by atoms with Crippen LogP contribution in [0.3, 0.4) is 0 Å². The Labute approximate surface area is 203 Å². The Kier molecular flexibility index (Phi) is 8.11. The highest BCUT2D eigenvalue weighted by atomic mass is 35.5. The first-order chi connectivity index (χ1) is 15.7. The Bertz CT molecular complexity index is 1290. The molecule has 0 aliphatic carbocycles. The third-order valence-electron chi connectivity index (χ3n) is 4.84. The van der Waals surface area contributed by atoms with Crippen molar-refractivity contribution in [3.05, 3.63) is 93.5 Å². The van der Waals surface area contributed by atoms with Crippen LogP contribution in [0.15, 0.2) is 71.6 Å². The number of nitrogens with zero attached hydrogens (tertiary/aromatic N) is 2. The van der Waals surface area contributed by atoms with Crippen LogP contribution in [0.25, 0.3) is 0 Å². The number of benzene rings is 3. The van der Waals surface area contributed by atoms with Gasteiger partial charge in [0.2, 0.25) is 15.9 Å². The van der Waals surface area contributed by atoms with Crippen LogP contribution < -0.4 is 5.32 Å². The summed E-state index contributed by atoms with van der Waals surface area (Å²) >= 11 is 12.1. The minimum atomic E-state index is -3.98. The number of amides is 1. The zero-order chi connectivity index (χ0) is 24.0. The maximum atomic E-state index is 13.4. The lowest BCUT2D eigenvalue weighted by molar-refractivity contribution is -0.116. The number of carbonyl (C=O) groups excluding carboxylic acids is 1. The van der Waals surface area contributed by atoms with Gasteiger partial charge >= 0.3 is 0 Å². The molecule has 0 fully saturated rings. The molecule has 6 nitrogen and oxygen atoms in total. The number of sulfonamides is 1. The first-order valence-electron chi connectivity index (χ1n) is 9.95. The van der Waals surface area contributed by atoms with Crippen LogP contribution in [-0.4, -0.2) is 25.2 Å². The van der Waals surface area contributed by atoms with Gasteiger partial charge in [-0.15, -0.1) is 0 Å². The van der Waals surface area contributed by atoms with Gasteiger partial charge in [0.1, 0.15) is 0 Å². The first-order valence-corrected chi connectivity index (χ1v) is 12.1. The van der Waals surface area contributed by atoms with E-state index in [9.17, 15) is 13.2 Å². The average Bonchev–Trinajstić information content (AvgIpc) is 2.77. The summed E-state index contributed by atoms with van der Waals surface area (Å²) in [6.07, 6.45) is 0.264. The number of rotatable bonds is 8. The molecule has 3 aromatic carbocycles. The zero-order valence-corrected chi connectivity index (χ0v) is 20.1. The van der Waals surface area contributed by atoms with Crippen LogP contribution in [0.5, 0.6) is 0 Å². The standard InChI is InChI=1S/C24H21Cl2N3O3S/c1-17-2-9-21(10-3-17)33(31,32)29(15-19-6-11-22(25)23(26)14-19)16-24(30)28-20-7-4-18(5-8-20)12-13-27/h2-11,14H,12,15-16H2,1H3,(H,28,30). The lowest BCUT2D eigenvalue weighted by Gasteiger charge is -2.22. The van der Waals surface area contributed by atoms with Crippen LogP contribution in [0.4, 0.5) is 5.69 Å². The van der Waals surface area contributed by atoms with Crippen LogP contribution in [0.2, 0.25) is 10.0 Å². The predicted octanol–water partition coefficient (Wildman–Crippen LogP) is 5.20. The number of hydrogen-bond donors (Lipinski definition) is 1. The van der Waals surface area contributed by atoms with E-state index in [4.69, 9.17) is 28.5 Å². The molecular weight excluding hydrogens is 481 g/mol. The van der Waals surface area contributed by atoms with Gasteiger partial charge in [0.05, 0.1) is 34.0 Å². The van der Waals surface area contributed by atoms with Crippen LogP contribution >= 0.6 is 23.2 Å². The number of carbonyl (C=O) groups is 1. The molecule has 0 radical (unpaired) electrons. The monoisotopic (exact) mass is 501 g/mol. The molecule has 3 aromatic rings. The van der Waals surface area contributed by atoms with E-state index in [1.54, 1.807) is 54.6 Å². The van der Waals surface area contributed by atoms with Crippen molar-refractivity contribution in [2.75, 3.05) is 11.9 Å². The summed E-state index contributed by atoms with van der Waals surface area (Å²) in [7, 11) is -3.98. The Hall–Kier alpha value is -2.89. The number of nitrogens with one attached hydrogen (secondary N) is 1. The fraction of sp³-hybridized carbons (Fsp3) is 0.167. The Balaban J connectivity index is 1.85. The summed E-state index contributed by atoms with van der Waals surface area (Å²) in [5.74, 6) is -0.501. The van der Waals surface area contributed by atoms with Gasteiger partial charge in [0.25, 0.3) is 0 Å². The largest absolute Gasteiger partial charge is 0.325 e. The third-order valence-corrected chi connectivity index (χ3v) is 7.39. The molecule has 0 aliphatic heterocycles. The molecule has 0 saturated heterocycles. The molecule has 0 atom stereocenters. The quantitative estimate of drug-likeness (QED) is 0.459. The summed E-state index contributed by atoms with van der Waals surface area (Å²) in [4.78, 5) is 12.8. The topological polar surface area (TPSA) is 90.3 Å². The lowest BCUT2D eigenvalue weighted by Crippen LogP contribution is -2.37. The van der Waals surface area contributed by atoms with E-state index in [0.717, 1.165) is 15.4 Å². The van der Waals surface area contributed by atoms with Crippen LogP contribution in [-0.2, 0) is 27.8 Å². The van der Waals surface area contributed by atoms with E-state index < -0.39 is 22.5 Å². The van der Waals surface area contributed by atoms with Gasteiger partial charge < -0.3 is 5.32 Å². The Morgan fingerprint density at radius 3 is 2.21 bits per heavy atom. The molecule has 1 amide bonds. The van der Waals surface area contributed by atoms with Crippen molar-refractivity contribution in [1.82, 2.24) is 4.31 Å². The molecule has 0 unspecified atom stereocenters. The van der Waals surface area contributed by atoms with Gasteiger partial charge in [-0.3, -0.25) is 4.79 Å². The average molecular weight is 502 g/mol. The molecule has 170 valence electrons. The van der Waals surface area contributed by atoms with Crippen molar-refractivity contribution in [3.8, 4) is 6.07 Å². The fourth-order valence-electron chi connectivity index (χ4n) is 3.08. The van der Waals surface area contributed by atoms with Gasteiger partial charge in [-0.25, -0.2) is 8.42 Å². The summed E-state index contributed by atoms with van der Waals surface area (Å²) in [6.45, 7) is 1.39. The molecule has 0 heterocycles. The molecule has 0 aromatic heterocycles. The fourth-order valence-corrected chi connectivity index (χ4v) is 4.79. The normalized spacial score (nSPS) is 11.2. The van der Waals surface area contributed by atoms with Gasteiger partial charge in [-0.05, 0) is 54.4 Å². The molecule has 0 spiro atoms. The summed E-state index contributed by atoms with van der Waals surface area (Å²) < 4.78 is 27.8. The first kappa shape index (κ1) is 24.7. The van der Waals surface area contributed by atoms with Crippen LogP contribution in [0.1, 0.15) is 16.7 Å². The van der Waals surface area contributed by atoms with E-state index in [1.807, 2.05) is 6.92 Å². The molecule has 3 rings (SSSR count). The molecule has 1 N–H and O–H groups in total. The van der Waals surface area contributed by atoms with Crippen molar-refractivity contribution in [3.63, 3.8) is 0 Å². The molecule has 0 aliphatic rings. The number of hydrogen-bond acceptors (Lipinski definition) is 4. The second-order valence-corrected chi connectivity index (χ2v) is 10.2. The summed E-state index contributed by atoms with van der Waals surface area (Å²) in [5.41, 5.74) is 2.83. The van der Waals surface area contributed by atoms with Crippen LogP contribution in [0, 0.1) is 18.3 Å². The van der Waals surface area contributed by atoms with Crippen molar-refractivity contribution in [2.45, 2.75) is 24.8 Å². The zero-order valence-electron chi connectivity index (χ0n) is 17.8. The van der Waals surface area contributed by atoms with E-state index in [1.165, 1.54) is 12.1 Å². The maximum Gasteiger partial charge on any atom is 0.243 e. The minimum absolute atomic E-state index is 0.0678. The maximum absolute atomic E-state index is 13.4. The lowest BCUT2D eigenvalue weighted by atomic mass is 10.1. The number of aryl methyl sites for hydroxylation is 1. The highest BCUT2D eigenvalue weighted by Crippen LogP contribution is 2.25. The van der Waals surface area contributed by atoms with E-state index in [0.29, 0.717) is 21.3 Å². The van der Waals surface area contributed by atoms with Gasteiger partial charge in [0, 0.05) is 12.2 Å². The van der Waals surface area contributed by atoms with Crippen molar-refractivity contribution in [2.24, 2.45) is 0 Å². The van der Waals surface area contributed by atoms with E-state index in [-0.39, 0.29) is 17.9 Å². The summed E-state index contributed by atoms with van der Waals surface area (Å²) in [5, 5.41) is 12.1. The number of halogens is 2. The predicted molar refractivity (Wildman–Crippen MR) is 130 cm³/mol. The van der Waals surface area contributed by atoms with Gasteiger partial charge in [0.15, 0.2) is 0 Å². The molecule has 0 saturated carbocycles. The van der Waals surface area contributed by atoms with E-state index >= 15 is 0 Å². The number of anilines is 1. The second-order valence-electron chi connectivity index (χ2n) is 7.41. The highest BCUT2D eigenvalue weighted by Gasteiger charge is 2.27. The second kappa shape index (κ2) is 10.8. The summed E-state index contributed by atoms with van der Waals surface area (Å²) in [6, 6.07) is 20.1. The Morgan fingerprint density at radius 2 is 1.61 bits per heavy atom. The van der Waals surface area contributed by atoms with E-state index in [2.05, 4.69) is 11.4 Å². The third kappa shape index (κ3) is 6.56. The highest BCUT2D eigenvalue weighted by molar-refractivity contribution is 7.89. The van der Waals surface area contributed by atoms with Crippen molar-refractivity contribution in [1.29, 1.82) is 5.26 Å². The molecule has 9 heteroatoms. The Morgan fingerprint density at radius 1 is 0.970 bits per heavy atom. The van der Waals surface area contributed by atoms with Crippen molar-refractivity contribution >= 4 is 44.8 Å².